The summed E-state index contributed by atoms with van der Waals surface area (Å²) in [7, 11) is 2.07. The number of nitrogens with zero attached hydrogens (tertiary/aromatic N) is 6. The van der Waals surface area contributed by atoms with E-state index in [2.05, 4.69) is 126 Å². The van der Waals surface area contributed by atoms with Gasteiger partial charge in [0, 0.05) is 92.2 Å². The van der Waals surface area contributed by atoms with Crippen LogP contribution in [0.2, 0.25) is 0 Å². The summed E-state index contributed by atoms with van der Waals surface area (Å²) in [5.74, 6) is 0.980. The van der Waals surface area contributed by atoms with Crippen molar-refractivity contribution in [2.75, 3.05) is 56.1 Å². The van der Waals surface area contributed by atoms with Gasteiger partial charge in [-0.05, 0) is 150 Å². The fourth-order valence-electron chi connectivity index (χ4n) is 15.5. The molecule has 0 bridgehead atoms. The summed E-state index contributed by atoms with van der Waals surface area (Å²) >= 11 is 5.62. The molecule has 10 nitrogen and oxygen atoms in total. The van der Waals surface area contributed by atoms with E-state index in [9.17, 15) is 32.3 Å². The summed E-state index contributed by atoms with van der Waals surface area (Å²) in [5, 5.41) is 10.7. The lowest BCUT2D eigenvalue weighted by Gasteiger charge is -2.34. The lowest BCUT2D eigenvalue weighted by molar-refractivity contribution is -0.118. The zero-order valence-electron chi connectivity index (χ0n) is 59.3. The normalized spacial score (nSPS) is 15.3. The minimum atomic E-state index is -4.40. The number of carbonyl (C=O) groups excluding carboxylic acids is 4. The minimum absolute atomic E-state index is 0.0537. The highest BCUT2D eigenvalue weighted by Gasteiger charge is 2.40. The van der Waals surface area contributed by atoms with Crippen molar-refractivity contribution >= 4 is 140 Å². The van der Waals surface area contributed by atoms with Crippen LogP contribution in [0.1, 0.15) is 120 Å². The molecule has 18 rings (SSSR count). The Kier molecular flexibility index (Phi) is 18.6. The molecule has 0 aromatic heterocycles. The van der Waals surface area contributed by atoms with Gasteiger partial charge in [0.1, 0.15) is 11.5 Å². The van der Waals surface area contributed by atoms with E-state index < -0.39 is 18.6 Å². The molecule has 0 N–H and O–H groups in total. The Morgan fingerprint density at radius 2 is 0.903 bits per heavy atom. The number of halogens is 3. The molecule has 0 fully saturated rings. The highest BCUT2D eigenvalue weighted by molar-refractivity contribution is 7.81. The third-order valence-corrected chi connectivity index (χ3v) is 20.6. The molecule has 4 amide bonds. The number of aryl methyl sites for hydroxylation is 1. The Morgan fingerprint density at radius 3 is 1.39 bits per heavy atom. The fourth-order valence-corrected chi connectivity index (χ4v) is 15.8. The number of benzene rings is 12. The number of para-hydroxylation sites is 1. The summed E-state index contributed by atoms with van der Waals surface area (Å²) in [4.78, 5) is 62.3. The zero-order valence-corrected chi connectivity index (χ0v) is 60.2. The Morgan fingerprint density at radius 1 is 0.466 bits per heavy atom. The molecule has 518 valence electrons. The Balaban J connectivity index is 0.000000109. The van der Waals surface area contributed by atoms with Gasteiger partial charge in [-0.25, -0.2) is 0 Å². The van der Waals surface area contributed by atoms with Crippen LogP contribution in [0.15, 0.2) is 242 Å². The molecular formula is C89H81F3N6O4S. The summed E-state index contributed by atoms with van der Waals surface area (Å²) in [6.07, 6.45) is 1.07. The van der Waals surface area contributed by atoms with Gasteiger partial charge in [-0.15, -0.1) is 0 Å². The molecule has 0 spiro atoms. The molecule has 14 heteroatoms. The molecule has 1 unspecified atom stereocenters. The van der Waals surface area contributed by atoms with Crippen LogP contribution in [0.25, 0.3) is 53.9 Å². The number of carbonyl (C=O) groups is 4. The van der Waals surface area contributed by atoms with E-state index in [1.807, 2.05) is 151 Å². The van der Waals surface area contributed by atoms with E-state index in [1.165, 1.54) is 38.8 Å². The first-order chi connectivity index (χ1) is 49.4. The van der Waals surface area contributed by atoms with Crippen LogP contribution in [0.4, 0.5) is 58.7 Å². The van der Waals surface area contributed by atoms with Gasteiger partial charge in [0.05, 0.1) is 39.6 Å². The first-order valence-corrected chi connectivity index (χ1v) is 35.7. The van der Waals surface area contributed by atoms with Crippen LogP contribution in [-0.4, -0.2) is 67.5 Å². The Bertz CT molecular complexity index is 5380. The van der Waals surface area contributed by atoms with Crippen LogP contribution in [0.5, 0.6) is 0 Å². The molecule has 1 aliphatic carbocycles. The molecular weight excluding hydrogens is 1310 g/mol. The van der Waals surface area contributed by atoms with Crippen LogP contribution in [0.3, 0.4) is 0 Å². The topological polar surface area (TPSA) is 87.7 Å². The maximum Gasteiger partial charge on any atom is 0.406 e. The second-order valence-electron chi connectivity index (χ2n) is 29.2. The van der Waals surface area contributed by atoms with Gasteiger partial charge in [-0.1, -0.05) is 223 Å². The van der Waals surface area contributed by atoms with E-state index in [0.717, 1.165) is 125 Å². The van der Waals surface area contributed by atoms with Gasteiger partial charge >= 0.3 is 6.18 Å². The summed E-state index contributed by atoms with van der Waals surface area (Å²) in [6.45, 7) is 18.9. The van der Waals surface area contributed by atoms with Crippen molar-refractivity contribution in [3.8, 4) is 0 Å². The Labute approximate surface area is 604 Å². The quantitative estimate of drug-likeness (QED) is 0.105. The average Bonchev–Trinajstić information content (AvgIpc) is 1.64. The molecule has 0 saturated carbocycles. The number of hydrogen-bond donors (Lipinski definition) is 0. The van der Waals surface area contributed by atoms with E-state index in [1.54, 1.807) is 46.2 Å². The van der Waals surface area contributed by atoms with Crippen LogP contribution in [-0.2, 0) is 0 Å². The highest BCUT2D eigenvalue weighted by Crippen LogP contribution is 2.47. The van der Waals surface area contributed by atoms with Crippen molar-refractivity contribution in [2.45, 2.75) is 86.9 Å². The number of alkyl halides is 3. The number of rotatable bonds is 9. The average molecular weight is 1390 g/mol. The van der Waals surface area contributed by atoms with Crippen LogP contribution < -0.4 is 29.4 Å². The van der Waals surface area contributed by atoms with Gasteiger partial charge in [0.15, 0.2) is 0 Å². The second-order valence-corrected chi connectivity index (χ2v) is 29.5. The molecule has 5 aliphatic heterocycles. The molecule has 103 heavy (non-hydrogen) atoms. The monoisotopic (exact) mass is 1390 g/mol. The lowest BCUT2D eigenvalue weighted by atomic mass is 9.79. The maximum atomic E-state index is 13.0. The van der Waals surface area contributed by atoms with Crippen molar-refractivity contribution in [3.63, 3.8) is 0 Å². The van der Waals surface area contributed by atoms with Crippen molar-refractivity contribution in [2.24, 2.45) is 17.3 Å². The molecule has 6 aliphatic rings. The third-order valence-electron chi connectivity index (χ3n) is 20.1. The number of amides is 4. The maximum absolute atomic E-state index is 13.0. The van der Waals surface area contributed by atoms with Crippen LogP contribution >= 0.6 is 12.2 Å². The molecule has 0 saturated heterocycles. The number of thiocarbonyl (C=S) groups is 1. The summed E-state index contributed by atoms with van der Waals surface area (Å²) in [6, 6.07) is 75.4. The highest BCUT2D eigenvalue weighted by atomic mass is 32.1. The molecule has 12 aromatic carbocycles. The molecule has 12 aromatic rings. The smallest absolute Gasteiger partial charge is 0.371 e. The van der Waals surface area contributed by atoms with Crippen molar-refractivity contribution in [3.05, 3.63) is 276 Å². The Hall–Kier alpha value is -11.0. The van der Waals surface area contributed by atoms with Gasteiger partial charge in [-0.3, -0.25) is 33.9 Å². The van der Waals surface area contributed by atoms with E-state index >= 15 is 0 Å². The fraction of sp³-hybridized carbons (Fsp3) is 0.225. The van der Waals surface area contributed by atoms with Gasteiger partial charge in [-0.2, -0.15) is 13.2 Å². The van der Waals surface area contributed by atoms with E-state index in [0.29, 0.717) is 28.5 Å². The van der Waals surface area contributed by atoms with Crippen molar-refractivity contribution in [1.29, 1.82) is 0 Å². The van der Waals surface area contributed by atoms with E-state index in [-0.39, 0.29) is 29.2 Å². The zero-order chi connectivity index (χ0) is 72.3. The predicted molar refractivity (Wildman–Crippen MR) is 422 cm³/mol. The standard InChI is InChI=1S/C21H23NO.C20H26N2S.C18H13NO.C17H11NO.C13H8F3NO/c1-21(2,3)15-10-12-16(13-11-15)22-18-9-5-7-14-6-4-8-17(19(14)18)20(22)23;1-13(2)11-22(12-14(3)4)17-9-10-18-19-15(17)7-6-8-16(19)20(23)21(18)5;1-12-8-10-14(11-9-12)19-16-7-3-5-13-4-2-6-15(17(13)16)18(19)20;19-17-14-10-4-6-12-7-5-11-15(16(12)14)18(17)13-8-2-1-3-9-13;14-13(15,16)7-17-10-6-2-4-8-3-1-5-9(11(8)10)12(17)18/h4-10,16H,11-13H2,1-3H3;6-10,13-14H,11-12H2,1-5H3;2-11H,1H3;1-11H;1-6H,7H2. The second kappa shape index (κ2) is 27.8. The number of allylic oxidation sites excluding steroid dienone is 1. The predicted octanol–water partition coefficient (Wildman–Crippen LogP) is 22.3. The lowest BCUT2D eigenvalue weighted by Crippen LogP contribution is -2.39. The molecule has 5 heterocycles. The molecule has 1 atom stereocenters. The first-order valence-electron chi connectivity index (χ1n) is 35.3. The largest absolute Gasteiger partial charge is 0.406 e. The molecule has 0 radical (unpaired) electrons. The van der Waals surface area contributed by atoms with Crippen molar-refractivity contribution < 1.29 is 32.3 Å². The van der Waals surface area contributed by atoms with Crippen LogP contribution in [0, 0.1) is 24.2 Å². The van der Waals surface area contributed by atoms with E-state index in [4.69, 9.17) is 12.2 Å². The SMILES string of the molecule is CC(C)(C)C1=CCC(N2C(=O)c3cccc4cccc2c34)CC1.CC(C)CN(CC(C)C)c1ccc2c3c(cccc13)C(=S)N2C.Cc1ccc(N2C(=O)c3cccc4cccc2c34)cc1.O=C1c2cccc3cccc(c23)N1CC(F)(F)F.O=C1c2cccc3cccc(c23)N1c1ccccc1. The minimum Gasteiger partial charge on any atom is -0.371 e. The van der Waals surface area contributed by atoms with Gasteiger partial charge in [0.2, 0.25) is 0 Å². The summed E-state index contributed by atoms with van der Waals surface area (Å²) in [5.41, 5.74) is 14.7. The summed E-state index contributed by atoms with van der Waals surface area (Å²) < 4.78 is 37.5. The van der Waals surface area contributed by atoms with Gasteiger partial charge in [0.25, 0.3) is 23.6 Å². The van der Waals surface area contributed by atoms with Gasteiger partial charge < -0.3 is 14.7 Å². The number of hydrogen-bond acceptors (Lipinski definition) is 6. The third kappa shape index (κ3) is 13.1. The van der Waals surface area contributed by atoms with Crippen molar-refractivity contribution in [1.82, 2.24) is 0 Å². The number of anilines is 8. The first kappa shape index (κ1) is 69.1.